The number of thiazole rings is 2. The molecule has 0 spiro atoms. The normalized spacial score (nSPS) is 16.3. The van der Waals surface area contributed by atoms with Crippen LogP contribution >= 0.6 is 46.7 Å². The van der Waals surface area contributed by atoms with Gasteiger partial charge in [-0.3, -0.25) is 4.99 Å². The van der Waals surface area contributed by atoms with Crippen LogP contribution in [-0.4, -0.2) is 54.1 Å². The lowest BCUT2D eigenvalue weighted by Gasteiger charge is -2.20. The Hall–Kier alpha value is -0.940. The molecule has 1 N–H and O–H groups in total. The summed E-state index contributed by atoms with van der Waals surface area (Å²) < 4.78 is 0. The van der Waals surface area contributed by atoms with Gasteiger partial charge >= 0.3 is 0 Å². The fourth-order valence-electron chi connectivity index (χ4n) is 3.96. The molecule has 2 aromatic rings. The van der Waals surface area contributed by atoms with Crippen LogP contribution in [0.1, 0.15) is 53.9 Å². The molecule has 1 fully saturated rings. The summed E-state index contributed by atoms with van der Waals surface area (Å²) in [5.74, 6) is 0.954. The smallest absolute Gasteiger partial charge is 0.194 e. The summed E-state index contributed by atoms with van der Waals surface area (Å²) >= 11 is 3.66. The van der Waals surface area contributed by atoms with Gasteiger partial charge in [-0.15, -0.1) is 46.7 Å². The molecular formula is C21H33IN6S2. The number of aromatic nitrogens is 2. The van der Waals surface area contributed by atoms with E-state index in [1.165, 1.54) is 52.8 Å². The molecule has 30 heavy (non-hydrogen) atoms. The van der Waals surface area contributed by atoms with Gasteiger partial charge in [0, 0.05) is 49.9 Å². The number of guanidine groups is 1. The third kappa shape index (κ3) is 6.06. The lowest BCUT2D eigenvalue weighted by atomic mass is 10.0. The van der Waals surface area contributed by atoms with Crippen LogP contribution in [0.25, 0.3) is 0 Å². The third-order valence-electron chi connectivity index (χ3n) is 5.50. The molecule has 0 aromatic carbocycles. The molecule has 1 aliphatic heterocycles. The number of nitrogens with zero attached hydrogens (tertiary/aromatic N) is 5. The van der Waals surface area contributed by atoms with Crippen molar-refractivity contribution in [2.75, 3.05) is 38.1 Å². The minimum absolute atomic E-state index is 0. The van der Waals surface area contributed by atoms with Crippen molar-refractivity contribution >= 4 is 57.7 Å². The van der Waals surface area contributed by atoms with Crippen LogP contribution in [0.15, 0.2) is 10.4 Å². The maximum atomic E-state index is 4.88. The van der Waals surface area contributed by atoms with E-state index in [0.29, 0.717) is 0 Å². The highest BCUT2D eigenvalue weighted by Gasteiger charge is 2.17. The zero-order chi connectivity index (χ0) is 20.1. The molecule has 6 nitrogen and oxygen atoms in total. The van der Waals surface area contributed by atoms with Crippen LogP contribution in [0.5, 0.6) is 0 Å². The minimum atomic E-state index is 0. The SMILES string of the molecule is CCNC(=NCCc1csc(N2CCCC2)n1)N(C)Cc1nc2c(s1)CCCC2.I. The van der Waals surface area contributed by atoms with Crippen molar-refractivity contribution in [3.05, 3.63) is 26.7 Å². The summed E-state index contributed by atoms with van der Waals surface area (Å²) in [5, 5.41) is 8.01. The highest BCUT2D eigenvalue weighted by atomic mass is 127. The molecule has 0 amide bonds. The van der Waals surface area contributed by atoms with Crippen LogP contribution in [0.2, 0.25) is 0 Å². The van der Waals surface area contributed by atoms with Crippen molar-refractivity contribution in [2.24, 2.45) is 4.99 Å². The van der Waals surface area contributed by atoms with Crippen LogP contribution in [0.4, 0.5) is 5.13 Å². The van der Waals surface area contributed by atoms with E-state index in [4.69, 9.17) is 15.0 Å². The van der Waals surface area contributed by atoms with Crippen molar-refractivity contribution in [1.82, 2.24) is 20.2 Å². The first kappa shape index (κ1) is 23.7. The van der Waals surface area contributed by atoms with E-state index in [2.05, 4.69) is 34.5 Å². The van der Waals surface area contributed by atoms with Gasteiger partial charge in [0.15, 0.2) is 11.1 Å². The molecular weight excluding hydrogens is 527 g/mol. The Bertz CT molecular complexity index is 804. The predicted molar refractivity (Wildman–Crippen MR) is 139 cm³/mol. The molecule has 2 aliphatic rings. The van der Waals surface area contributed by atoms with E-state index in [-0.39, 0.29) is 24.0 Å². The maximum Gasteiger partial charge on any atom is 0.194 e. The number of rotatable bonds is 7. The average molecular weight is 561 g/mol. The number of anilines is 1. The minimum Gasteiger partial charge on any atom is -0.357 e. The van der Waals surface area contributed by atoms with Gasteiger partial charge in [-0.05, 0) is 45.4 Å². The first-order chi connectivity index (χ1) is 14.2. The van der Waals surface area contributed by atoms with Gasteiger partial charge in [0.1, 0.15) is 5.01 Å². The van der Waals surface area contributed by atoms with E-state index >= 15 is 0 Å². The van der Waals surface area contributed by atoms with Crippen LogP contribution in [-0.2, 0) is 25.8 Å². The van der Waals surface area contributed by atoms with E-state index in [9.17, 15) is 0 Å². The summed E-state index contributed by atoms with van der Waals surface area (Å²) in [5.41, 5.74) is 2.50. The Balaban J connectivity index is 0.00000256. The molecule has 1 saturated heterocycles. The molecule has 0 saturated carbocycles. The molecule has 1 aliphatic carbocycles. The van der Waals surface area contributed by atoms with E-state index < -0.39 is 0 Å². The highest BCUT2D eigenvalue weighted by Crippen LogP contribution is 2.27. The zero-order valence-electron chi connectivity index (χ0n) is 18.0. The monoisotopic (exact) mass is 560 g/mol. The third-order valence-corrected chi connectivity index (χ3v) is 7.60. The Morgan fingerprint density at radius 1 is 1.20 bits per heavy atom. The number of halogens is 1. The van der Waals surface area contributed by atoms with Crippen molar-refractivity contribution < 1.29 is 0 Å². The molecule has 4 rings (SSSR count). The molecule has 166 valence electrons. The first-order valence-corrected chi connectivity index (χ1v) is 12.6. The summed E-state index contributed by atoms with van der Waals surface area (Å²) in [4.78, 5) is 20.7. The largest absolute Gasteiger partial charge is 0.357 e. The van der Waals surface area contributed by atoms with Gasteiger partial charge in [-0.1, -0.05) is 0 Å². The van der Waals surface area contributed by atoms with Crippen molar-refractivity contribution in [3.63, 3.8) is 0 Å². The lowest BCUT2D eigenvalue weighted by molar-refractivity contribution is 0.475. The van der Waals surface area contributed by atoms with Gasteiger partial charge in [-0.25, -0.2) is 9.97 Å². The summed E-state index contributed by atoms with van der Waals surface area (Å²) in [6.07, 6.45) is 8.42. The quantitative estimate of drug-likeness (QED) is 0.310. The first-order valence-electron chi connectivity index (χ1n) is 10.9. The maximum absolute atomic E-state index is 4.88. The molecule has 3 heterocycles. The number of hydrogen-bond acceptors (Lipinski definition) is 6. The van der Waals surface area contributed by atoms with Gasteiger partial charge in [0.2, 0.25) is 0 Å². The summed E-state index contributed by atoms with van der Waals surface area (Å²) in [7, 11) is 2.11. The molecule has 0 unspecified atom stereocenters. The predicted octanol–water partition coefficient (Wildman–Crippen LogP) is 4.34. The van der Waals surface area contributed by atoms with Crippen molar-refractivity contribution in [1.29, 1.82) is 0 Å². The number of hydrogen-bond donors (Lipinski definition) is 1. The molecule has 0 radical (unpaired) electrons. The van der Waals surface area contributed by atoms with Gasteiger partial charge in [-0.2, -0.15) is 0 Å². The second kappa shape index (κ2) is 11.6. The van der Waals surface area contributed by atoms with Gasteiger partial charge in [0.25, 0.3) is 0 Å². The highest BCUT2D eigenvalue weighted by molar-refractivity contribution is 14.0. The van der Waals surface area contributed by atoms with Gasteiger partial charge in [0.05, 0.1) is 17.9 Å². The lowest BCUT2D eigenvalue weighted by Crippen LogP contribution is -2.38. The van der Waals surface area contributed by atoms with Crippen molar-refractivity contribution in [2.45, 2.75) is 58.4 Å². The number of fused-ring (bicyclic) bond motifs is 1. The van der Waals surface area contributed by atoms with Crippen LogP contribution in [0.3, 0.4) is 0 Å². The average Bonchev–Trinajstić information content (AvgIpc) is 3.46. The van der Waals surface area contributed by atoms with E-state index in [0.717, 1.165) is 57.2 Å². The second-order valence-corrected chi connectivity index (χ2v) is 9.85. The summed E-state index contributed by atoms with van der Waals surface area (Å²) in [6.45, 7) is 6.87. The van der Waals surface area contributed by atoms with Gasteiger partial charge < -0.3 is 15.1 Å². The number of nitrogens with one attached hydrogen (secondary N) is 1. The topological polar surface area (TPSA) is 56.7 Å². The standard InChI is InChI=1S/C21H32N6S2.HI/c1-3-22-20(26(2)14-19-25-17-8-4-5-9-18(17)29-19)23-11-10-16-15-28-21(24-16)27-12-6-7-13-27;/h15H,3-14H2,1-2H3,(H,22,23);1H. The van der Waals surface area contributed by atoms with E-state index in [1.54, 1.807) is 11.3 Å². The Morgan fingerprint density at radius 3 is 2.77 bits per heavy atom. The fraction of sp³-hybridized carbons (Fsp3) is 0.667. The van der Waals surface area contributed by atoms with E-state index in [1.807, 2.05) is 11.3 Å². The zero-order valence-corrected chi connectivity index (χ0v) is 22.0. The number of aryl methyl sites for hydroxylation is 2. The van der Waals surface area contributed by atoms with Crippen LogP contribution < -0.4 is 10.2 Å². The number of aliphatic imine (C=N–C) groups is 1. The summed E-state index contributed by atoms with van der Waals surface area (Å²) in [6, 6.07) is 0. The molecule has 2 aromatic heterocycles. The molecule has 0 bridgehead atoms. The Labute approximate surface area is 205 Å². The fourth-order valence-corrected chi connectivity index (χ4v) is 6.09. The Kier molecular flexibility index (Phi) is 9.18. The molecule has 0 atom stereocenters. The second-order valence-electron chi connectivity index (χ2n) is 7.84. The van der Waals surface area contributed by atoms with Crippen molar-refractivity contribution in [3.8, 4) is 0 Å². The Morgan fingerprint density at radius 2 is 2.00 bits per heavy atom. The molecule has 9 heteroatoms. The van der Waals surface area contributed by atoms with Crippen LogP contribution in [0, 0.1) is 0 Å².